The molecule has 1 saturated heterocycles. The fourth-order valence-corrected chi connectivity index (χ4v) is 4.31. The molecular weight excluding hydrogens is 410 g/mol. The van der Waals surface area contributed by atoms with Crippen LogP contribution in [0.2, 0.25) is 5.02 Å². The van der Waals surface area contributed by atoms with Gasteiger partial charge in [-0.15, -0.1) is 0 Å². The lowest BCUT2D eigenvalue weighted by Gasteiger charge is -2.38. The highest BCUT2D eigenvalue weighted by atomic mass is 35.5. The van der Waals surface area contributed by atoms with E-state index in [1.165, 1.54) is 0 Å². The number of halogens is 1. The van der Waals surface area contributed by atoms with Gasteiger partial charge in [0, 0.05) is 29.7 Å². The van der Waals surface area contributed by atoms with E-state index in [4.69, 9.17) is 11.6 Å². The van der Waals surface area contributed by atoms with Crippen LogP contribution >= 0.6 is 11.6 Å². The summed E-state index contributed by atoms with van der Waals surface area (Å²) in [5, 5.41) is 3.79. The molecule has 2 aromatic rings. The van der Waals surface area contributed by atoms with Crippen molar-refractivity contribution in [3.63, 3.8) is 0 Å². The first-order valence-corrected chi connectivity index (χ1v) is 11.5. The predicted molar refractivity (Wildman–Crippen MR) is 125 cm³/mol. The third kappa shape index (κ3) is 6.55. The average molecular weight is 442 g/mol. The Bertz CT molecular complexity index is 849. The summed E-state index contributed by atoms with van der Waals surface area (Å²) in [6, 6.07) is 17.3. The summed E-state index contributed by atoms with van der Waals surface area (Å²) in [5.41, 5.74) is 1.77. The van der Waals surface area contributed by atoms with Crippen LogP contribution in [0.4, 0.5) is 0 Å². The summed E-state index contributed by atoms with van der Waals surface area (Å²) < 4.78 is 0. The van der Waals surface area contributed by atoms with E-state index in [2.05, 4.69) is 17.1 Å². The van der Waals surface area contributed by atoms with E-state index in [-0.39, 0.29) is 17.9 Å². The number of hydrogen-bond donors (Lipinski definition) is 1. The molecule has 0 saturated carbocycles. The number of hydrogen-bond acceptors (Lipinski definition) is 3. The summed E-state index contributed by atoms with van der Waals surface area (Å²) in [6.45, 7) is 6.82. The number of carbonyl (C=O) groups is 2. The highest BCUT2D eigenvalue weighted by molar-refractivity contribution is 6.30. The van der Waals surface area contributed by atoms with Gasteiger partial charge in [-0.2, -0.15) is 0 Å². The highest BCUT2D eigenvalue weighted by Gasteiger charge is 2.28. The lowest BCUT2D eigenvalue weighted by molar-refractivity contribution is -0.123. The van der Waals surface area contributed by atoms with Gasteiger partial charge in [0.05, 0.1) is 12.6 Å². The van der Waals surface area contributed by atoms with Crippen molar-refractivity contribution in [3.05, 3.63) is 70.7 Å². The molecule has 1 unspecified atom stereocenters. The molecule has 1 N–H and O–H groups in total. The van der Waals surface area contributed by atoms with E-state index >= 15 is 0 Å². The largest absolute Gasteiger partial charge is 0.348 e. The van der Waals surface area contributed by atoms with Gasteiger partial charge in [0.25, 0.3) is 5.91 Å². The van der Waals surface area contributed by atoms with Crippen molar-refractivity contribution >= 4 is 23.4 Å². The normalized spacial score (nSPS) is 15.7. The first-order valence-electron chi connectivity index (χ1n) is 11.1. The number of amides is 2. The number of benzene rings is 2. The maximum Gasteiger partial charge on any atom is 0.253 e. The third-order valence-electron chi connectivity index (χ3n) is 5.89. The van der Waals surface area contributed by atoms with E-state index in [1.807, 2.05) is 66.4 Å². The molecule has 6 heteroatoms. The molecule has 31 heavy (non-hydrogen) atoms. The topological polar surface area (TPSA) is 52.7 Å². The standard InChI is InChI=1S/C25H32ClN3O2/c1-3-15-29(18-24(30)27-19(2)20-9-11-22(26)12-10-20)23-13-16-28(17-14-23)25(31)21-7-5-4-6-8-21/h4-12,19,23H,3,13-18H2,1-2H3,(H,27,30). The van der Waals surface area contributed by atoms with Crippen LogP contribution in [-0.2, 0) is 4.79 Å². The zero-order valence-corrected chi connectivity index (χ0v) is 19.1. The summed E-state index contributed by atoms with van der Waals surface area (Å²) in [7, 11) is 0. The molecule has 2 amide bonds. The van der Waals surface area contributed by atoms with E-state index < -0.39 is 0 Å². The van der Waals surface area contributed by atoms with E-state index in [0.29, 0.717) is 17.6 Å². The Morgan fingerprint density at radius 1 is 1.10 bits per heavy atom. The zero-order valence-electron chi connectivity index (χ0n) is 18.4. The molecular formula is C25H32ClN3O2. The lowest BCUT2D eigenvalue weighted by Crippen LogP contribution is -2.49. The number of piperidine rings is 1. The molecule has 2 aromatic carbocycles. The van der Waals surface area contributed by atoms with Crippen LogP contribution in [0.1, 0.15) is 55.1 Å². The van der Waals surface area contributed by atoms with Crippen molar-refractivity contribution < 1.29 is 9.59 Å². The molecule has 166 valence electrons. The Morgan fingerprint density at radius 2 is 1.74 bits per heavy atom. The summed E-state index contributed by atoms with van der Waals surface area (Å²) >= 11 is 5.96. The minimum absolute atomic E-state index is 0.0266. The summed E-state index contributed by atoms with van der Waals surface area (Å²) in [4.78, 5) is 29.6. The molecule has 1 atom stereocenters. The van der Waals surface area contributed by atoms with Gasteiger partial charge in [-0.3, -0.25) is 14.5 Å². The molecule has 5 nitrogen and oxygen atoms in total. The van der Waals surface area contributed by atoms with Gasteiger partial charge >= 0.3 is 0 Å². The molecule has 0 aromatic heterocycles. The maximum atomic E-state index is 12.7. The monoisotopic (exact) mass is 441 g/mol. The fourth-order valence-electron chi connectivity index (χ4n) is 4.18. The Labute approximate surface area is 190 Å². The predicted octanol–water partition coefficient (Wildman–Crippen LogP) is 4.53. The maximum absolute atomic E-state index is 12.7. The second-order valence-electron chi connectivity index (χ2n) is 8.20. The number of rotatable bonds is 8. The lowest BCUT2D eigenvalue weighted by atomic mass is 10.0. The molecule has 1 aliphatic rings. The smallest absolute Gasteiger partial charge is 0.253 e. The van der Waals surface area contributed by atoms with Gasteiger partial charge < -0.3 is 10.2 Å². The van der Waals surface area contributed by atoms with Crippen LogP contribution in [0.3, 0.4) is 0 Å². The van der Waals surface area contributed by atoms with Gasteiger partial charge in [0.2, 0.25) is 5.91 Å². The van der Waals surface area contributed by atoms with Crippen LogP contribution in [0, 0.1) is 0 Å². The first kappa shape index (κ1) is 23.3. The first-order chi connectivity index (χ1) is 15.0. The Balaban J connectivity index is 1.53. The van der Waals surface area contributed by atoms with Crippen LogP contribution in [0.15, 0.2) is 54.6 Å². The minimum Gasteiger partial charge on any atom is -0.348 e. The molecule has 0 bridgehead atoms. The number of carbonyl (C=O) groups excluding carboxylic acids is 2. The quantitative estimate of drug-likeness (QED) is 0.654. The van der Waals surface area contributed by atoms with Gasteiger partial charge in [0.15, 0.2) is 0 Å². The summed E-state index contributed by atoms with van der Waals surface area (Å²) in [5.74, 6) is 0.120. The molecule has 0 aliphatic carbocycles. The molecule has 1 heterocycles. The molecule has 1 aliphatic heterocycles. The SMILES string of the molecule is CCCN(CC(=O)NC(C)c1ccc(Cl)cc1)C1CCN(C(=O)c2ccccc2)CC1. The molecule has 3 rings (SSSR count). The Morgan fingerprint density at radius 3 is 2.35 bits per heavy atom. The molecule has 1 fully saturated rings. The minimum atomic E-state index is -0.0708. The van der Waals surface area contributed by atoms with Crippen molar-refractivity contribution in [2.24, 2.45) is 0 Å². The summed E-state index contributed by atoms with van der Waals surface area (Å²) in [6.07, 6.45) is 2.76. The number of likely N-dealkylation sites (tertiary alicyclic amines) is 1. The Kier molecular flexibility index (Phi) is 8.50. The van der Waals surface area contributed by atoms with Crippen LogP contribution in [-0.4, -0.2) is 53.8 Å². The van der Waals surface area contributed by atoms with Crippen LogP contribution < -0.4 is 5.32 Å². The highest BCUT2D eigenvalue weighted by Crippen LogP contribution is 2.20. The Hall–Kier alpha value is -2.37. The van der Waals surface area contributed by atoms with Crippen molar-refractivity contribution in [1.29, 1.82) is 0 Å². The van der Waals surface area contributed by atoms with E-state index in [1.54, 1.807) is 0 Å². The van der Waals surface area contributed by atoms with Crippen molar-refractivity contribution in [3.8, 4) is 0 Å². The van der Waals surface area contributed by atoms with Gasteiger partial charge in [-0.25, -0.2) is 0 Å². The van der Waals surface area contributed by atoms with Crippen LogP contribution in [0.25, 0.3) is 0 Å². The zero-order chi connectivity index (χ0) is 22.2. The van der Waals surface area contributed by atoms with Gasteiger partial charge in [0.1, 0.15) is 0 Å². The van der Waals surface area contributed by atoms with Crippen molar-refractivity contribution in [1.82, 2.24) is 15.1 Å². The second kappa shape index (κ2) is 11.3. The average Bonchev–Trinajstić information content (AvgIpc) is 2.79. The van der Waals surface area contributed by atoms with Gasteiger partial charge in [-0.1, -0.05) is 48.9 Å². The number of nitrogens with zero attached hydrogens (tertiary/aromatic N) is 2. The fraction of sp³-hybridized carbons (Fsp3) is 0.440. The van der Waals surface area contributed by atoms with Crippen LogP contribution in [0.5, 0.6) is 0 Å². The van der Waals surface area contributed by atoms with Crippen molar-refractivity contribution in [2.75, 3.05) is 26.2 Å². The molecule has 0 spiro atoms. The second-order valence-corrected chi connectivity index (χ2v) is 8.64. The third-order valence-corrected chi connectivity index (χ3v) is 6.15. The van der Waals surface area contributed by atoms with Gasteiger partial charge in [-0.05, 0) is 62.6 Å². The number of nitrogens with one attached hydrogen (secondary N) is 1. The molecule has 0 radical (unpaired) electrons. The van der Waals surface area contributed by atoms with Crippen molar-refractivity contribution in [2.45, 2.75) is 45.2 Å². The van der Waals surface area contributed by atoms with E-state index in [0.717, 1.165) is 50.0 Å². The van der Waals surface area contributed by atoms with E-state index in [9.17, 15) is 9.59 Å².